The molecule has 1 amide bonds. The Morgan fingerprint density at radius 1 is 1.26 bits per heavy atom. The number of hydrogen-bond acceptors (Lipinski definition) is 4. The first-order valence-corrected chi connectivity index (χ1v) is 9.23. The Balaban J connectivity index is 1.70. The quantitative estimate of drug-likeness (QED) is 0.658. The van der Waals surface area contributed by atoms with E-state index in [2.05, 4.69) is 15.0 Å². The fraction of sp³-hybridized carbons (Fsp3) is 0.133. The molecule has 0 saturated heterocycles. The molecule has 3 rings (SSSR count). The maximum Gasteiger partial charge on any atom is 0.261 e. The van der Waals surface area contributed by atoms with Gasteiger partial charge < -0.3 is 10.3 Å². The molecule has 0 aliphatic rings. The van der Waals surface area contributed by atoms with Crippen LogP contribution in [0, 0.1) is 0 Å². The second kappa shape index (κ2) is 6.15. The highest BCUT2D eigenvalue weighted by atomic mass is 32.2. The molecule has 0 bridgehead atoms. The smallest absolute Gasteiger partial charge is 0.261 e. The normalized spacial score (nSPS) is 11.7. The number of fused-ring (bicyclic) bond motifs is 1. The number of para-hydroxylation sites is 1. The maximum absolute atomic E-state index is 12.1. The molecule has 0 atom stereocenters. The van der Waals surface area contributed by atoms with E-state index in [0.29, 0.717) is 11.4 Å². The molecule has 3 aromatic rings. The van der Waals surface area contributed by atoms with E-state index in [1.165, 1.54) is 18.5 Å². The van der Waals surface area contributed by atoms with Crippen LogP contribution in [0.25, 0.3) is 10.9 Å². The standard InChI is InChI=1S/C15H15N3O3S2/c1-16-23(20,21)12-7-14(22-9-12)15(19)17-8-11-6-10-4-2-3-5-13(10)18-11/h2-7,9,16,18H,8H2,1H3,(H,17,19). The van der Waals surface area contributed by atoms with Crippen molar-refractivity contribution in [3.63, 3.8) is 0 Å². The number of aromatic amines is 1. The van der Waals surface area contributed by atoms with Crippen molar-refractivity contribution in [3.05, 3.63) is 52.3 Å². The van der Waals surface area contributed by atoms with Gasteiger partial charge in [-0.25, -0.2) is 13.1 Å². The molecule has 2 aromatic heterocycles. The van der Waals surface area contributed by atoms with Crippen LogP contribution in [0.15, 0.2) is 46.7 Å². The van der Waals surface area contributed by atoms with Gasteiger partial charge in [0.1, 0.15) is 0 Å². The van der Waals surface area contributed by atoms with Gasteiger partial charge in [0.05, 0.1) is 16.3 Å². The minimum Gasteiger partial charge on any atom is -0.357 e. The van der Waals surface area contributed by atoms with E-state index in [0.717, 1.165) is 27.9 Å². The van der Waals surface area contributed by atoms with Crippen molar-refractivity contribution in [2.24, 2.45) is 0 Å². The number of sulfonamides is 1. The third kappa shape index (κ3) is 3.29. The molecule has 0 aliphatic carbocycles. The zero-order valence-electron chi connectivity index (χ0n) is 12.3. The number of benzene rings is 1. The van der Waals surface area contributed by atoms with Crippen molar-refractivity contribution in [3.8, 4) is 0 Å². The first-order valence-electron chi connectivity index (χ1n) is 6.86. The van der Waals surface area contributed by atoms with Crippen molar-refractivity contribution in [1.82, 2.24) is 15.0 Å². The minimum atomic E-state index is -3.52. The summed E-state index contributed by atoms with van der Waals surface area (Å²) in [6, 6.07) is 11.2. The Labute approximate surface area is 137 Å². The maximum atomic E-state index is 12.1. The summed E-state index contributed by atoms with van der Waals surface area (Å²) in [5, 5.41) is 5.31. The molecule has 8 heteroatoms. The molecule has 0 spiro atoms. The second-order valence-electron chi connectivity index (χ2n) is 4.92. The molecule has 23 heavy (non-hydrogen) atoms. The summed E-state index contributed by atoms with van der Waals surface area (Å²) in [5.41, 5.74) is 1.90. The fourth-order valence-electron chi connectivity index (χ4n) is 2.19. The van der Waals surface area contributed by atoms with Crippen LogP contribution in [-0.2, 0) is 16.6 Å². The van der Waals surface area contributed by atoms with Gasteiger partial charge in [0.2, 0.25) is 10.0 Å². The SMILES string of the molecule is CNS(=O)(=O)c1csc(C(=O)NCc2cc3ccccc3[nH]2)c1. The lowest BCUT2D eigenvalue weighted by molar-refractivity contribution is 0.0954. The highest BCUT2D eigenvalue weighted by molar-refractivity contribution is 7.89. The Morgan fingerprint density at radius 3 is 2.78 bits per heavy atom. The van der Waals surface area contributed by atoms with Gasteiger partial charge in [-0.2, -0.15) is 0 Å². The predicted molar refractivity (Wildman–Crippen MR) is 90.0 cm³/mol. The summed E-state index contributed by atoms with van der Waals surface area (Å²) in [5.74, 6) is -0.300. The number of H-pyrrole nitrogens is 1. The number of amides is 1. The number of carbonyl (C=O) groups excluding carboxylic acids is 1. The Kier molecular flexibility index (Phi) is 4.20. The Morgan fingerprint density at radius 2 is 2.04 bits per heavy atom. The second-order valence-corrected chi connectivity index (χ2v) is 7.72. The first kappa shape index (κ1) is 15.7. The zero-order valence-corrected chi connectivity index (χ0v) is 13.9. The van der Waals surface area contributed by atoms with Crippen molar-refractivity contribution in [1.29, 1.82) is 0 Å². The highest BCUT2D eigenvalue weighted by Gasteiger charge is 2.17. The molecule has 2 heterocycles. The number of carbonyl (C=O) groups is 1. The van der Waals surface area contributed by atoms with Crippen LogP contribution in [0.4, 0.5) is 0 Å². The number of aromatic nitrogens is 1. The lowest BCUT2D eigenvalue weighted by Gasteiger charge is -2.01. The average Bonchev–Trinajstić information content (AvgIpc) is 3.19. The van der Waals surface area contributed by atoms with Gasteiger partial charge in [-0.3, -0.25) is 4.79 Å². The third-order valence-corrected chi connectivity index (χ3v) is 5.88. The summed E-state index contributed by atoms with van der Waals surface area (Å²) in [6.45, 7) is 0.347. The van der Waals surface area contributed by atoms with Gasteiger partial charge >= 0.3 is 0 Å². The van der Waals surface area contributed by atoms with E-state index >= 15 is 0 Å². The summed E-state index contributed by atoms with van der Waals surface area (Å²) >= 11 is 1.10. The number of nitrogens with one attached hydrogen (secondary N) is 3. The summed E-state index contributed by atoms with van der Waals surface area (Å²) < 4.78 is 25.6. The van der Waals surface area contributed by atoms with Crippen LogP contribution in [-0.4, -0.2) is 26.4 Å². The fourth-order valence-corrected chi connectivity index (χ4v) is 4.11. The van der Waals surface area contributed by atoms with Gasteiger partial charge in [0, 0.05) is 16.6 Å². The molecule has 0 radical (unpaired) electrons. The Hall–Kier alpha value is -2.16. The first-order chi connectivity index (χ1) is 11.0. The number of hydrogen-bond donors (Lipinski definition) is 3. The summed E-state index contributed by atoms with van der Waals surface area (Å²) in [6.07, 6.45) is 0. The van der Waals surface area contributed by atoms with Crippen molar-refractivity contribution < 1.29 is 13.2 Å². The molecule has 3 N–H and O–H groups in total. The van der Waals surface area contributed by atoms with Crippen LogP contribution in [0.2, 0.25) is 0 Å². The lowest BCUT2D eigenvalue weighted by atomic mass is 10.2. The molecule has 0 unspecified atom stereocenters. The monoisotopic (exact) mass is 349 g/mol. The van der Waals surface area contributed by atoms with Gasteiger partial charge in [0.15, 0.2) is 0 Å². The Bertz CT molecular complexity index is 924. The minimum absolute atomic E-state index is 0.0979. The zero-order chi connectivity index (χ0) is 16.4. The van der Waals surface area contributed by atoms with Gasteiger partial charge in [0.25, 0.3) is 5.91 Å². The molecule has 6 nitrogen and oxygen atoms in total. The van der Waals surface area contributed by atoms with Crippen molar-refractivity contribution in [2.45, 2.75) is 11.4 Å². The van der Waals surface area contributed by atoms with Crippen LogP contribution < -0.4 is 10.0 Å². The van der Waals surface area contributed by atoms with E-state index in [1.54, 1.807) is 0 Å². The number of rotatable bonds is 5. The summed E-state index contributed by atoms with van der Waals surface area (Å²) in [7, 11) is -2.19. The van der Waals surface area contributed by atoms with E-state index in [4.69, 9.17) is 0 Å². The predicted octanol–water partition coefficient (Wildman–Crippen LogP) is 2.07. The topological polar surface area (TPSA) is 91.1 Å². The van der Waals surface area contributed by atoms with Crippen LogP contribution in [0.3, 0.4) is 0 Å². The molecule has 0 fully saturated rings. The van der Waals surface area contributed by atoms with E-state index in [1.807, 2.05) is 30.3 Å². The van der Waals surface area contributed by atoms with E-state index in [9.17, 15) is 13.2 Å². The van der Waals surface area contributed by atoms with E-state index < -0.39 is 10.0 Å². The summed E-state index contributed by atoms with van der Waals surface area (Å²) in [4.78, 5) is 15.8. The van der Waals surface area contributed by atoms with Crippen molar-refractivity contribution >= 4 is 38.2 Å². The molecule has 0 aliphatic heterocycles. The third-order valence-electron chi connectivity index (χ3n) is 3.40. The van der Waals surface area contributed by atoms with E-state index in [-0.39, 0.29) is 10.8 Å². The average molecular weight is 349 g/mol. The van der Waals surface area contributed by atoms with Gasteiger partial charge in [-0.15, -0.1) is 11.3 Å². The molecule has 1 aromatic carbocycles. The molecular formula is C15H15N3O3S2. The van der Waals surface area contributed by atoms with Gasteiger partial charge in [-0.1, -0.05) is 18.2 Å². The highest BCUT2D eigenvalue weighted by Crippen LogP contribution is 2.19. The van der Waals surface area contributed by atoms with Crippen LogP contribution >= 0.6 is 11.3 Å². The largest absolute Gasteiger partial charge is 0.357 e. The molecular weight excluding hydrogens is 334 g/mol. The molecule has 0 saturated carbocycles. The molecule has 120 valence electrons. The number of thiophene rings is 1. The van der Waals surface area contributed by atoms with Crippen LogP contribution in [0.1, 0.15) is 15.4 Å². The van der Waals surface area contributed by atoms with Crippen molar-refractivity contribution in [2.75, 3.05) is 7.05 Å². The van der Waals surface area contributed by atoms with Gasteiger partial charge in [-0.05, 0) is 30.6 Å². The lowest BCUT2D eigenvalue weighted by Crippen LogP contribution is -2.22. The van der Waals surface area contributed by atoms with Crippen LogP contribution in [0.5, 0.6) is 0 Å².